The first kappa shape index (κ1) is 24.5. The van der Waals surface area contributed by atoms with E-state index in [1.807, 2.05) is 25.1 Å². The van der Waals surface area contributed by atoms with E-state index in [-0.39, 0.29) is 16.4 Å². The Balaban J connectivity index is 1.52. The molecule has 3 heterocycles. The van der Waals surface area contributed by atoms with Crippen molar-refractivity contribution in [2.24, 2.45) is 0 Å². The van der Waals surface area contributed by atoms with Crippen LogP contribution in [-0.2, 0) is 4.79 Å². The lowest BCUT2D eigenvalue weighted by Crippen LogP contribution is -2.31. The fourth-order valence-electron chi connectivity index (χ4n) is 4.60. The summed E-state index contributed by atoms with van der Waals surface area (Å²) in [4.78, 5) is 33.4. The lowest BCUT2D eigenvalue weighted by atomic mass is 9.95. The number of carbonyl (C=O) groups excluding carboxylic acids is 2. The minimum Gasteiger partial charge on any atom is -0.503 e. The number of amides is 1. The standard InChI is InChI=1S/C28H18Cl2N2O5S/c1-13-6-9-18-21(10-13)38-28(31-18)32-23(14-7-8-16(29)17(30)11-14)22(25(34)27(32)35)24(33)20-12-15-4-3-5-19(36-2)26(15)37-20/h3-12,23,34H,1-2H3. The summed E-state index contributed by atoms with van der Waals surface area (Å²) in [5.74, 6) is -1.69. The van der Waals surface area contributed by atoms with Crippen LogP contribution in [0, 0.1) is 6.92 Å². The van der Waals surface area contributed by atoms with E-state index in [1.54, 1.807) is 42.5 Å². The molecule has 1 N–H and O–H groups in total. The molecule has 10 heteroatoms. The number of furan rings is 1. The zero-order valence-corrected chi connectivity index (χ0v) is 22.3. The number of nitrogens with zero attached hydrogens (tertiary/aromatic N) is 2. The monoisotopic (exact) mass is 564 g/mol. The average Bonchev–Trinajstić information content (AvgIpc) is 3.59. The number of halogens is 2. The van der Waals surface area contributed by atoms with Crippen molar-refractivity contribution in [3.05, 3.63) is 98.9 Å². The van der Waals surface area contributed by atoms with Gasteiger partial charge in [0.05, 0.1) is 39.0 Å². The normalized spacial score (nSPS) is 15.7. The number of Topliss-reactive ketones (excluding diaryl/α,β-unsaturated/α-hetero) is 1. The van der Waals surface area contributed by atoms with Gasteiger partial charge >= 0.3 is 0 Å². The van der Waals surface area contributed by atoms with Gasteiger partial charge in [0.1, 0.15) is 0 Å². The van der Waals surface area contributed by atoms with Gasteiger partial charge in [-0.2, -0.15) is 0 Å². The van der Waals surface area contributed by atoms with Crippen molar-refractivity contribution in [3.8, 4) is 5.75 Å². The SMILES string of the molecule is COc1cccc2cc(C(=O)C3=C(O)C(=O)N(c4nc5ccc(C)cc5s4)C3c3ccc(Cl)c(Cl)c3)oc12. The summed E-state index contributed by atoms with van der Waals surface area (Å²) in [5, 5.41) is 12.6. The molecule has 0 spiro atoms. The first-order chi connectivity index (χ1) is 18.3. The van der Waals surface area contributed by atoms with Crippen LogP contribution in [0.3, 0.4) is 0 Å². The molecule has 1 aliphatic heterocycles. The van der Waals surface area contributed by atoms with Crippen LogP contribution in [0.15, 0.2) is 76.4 Å². The molecule has 1 atom stereocenters. The van der Waals surface area contributed by atoms with Crippen LogP contribution in [-0.4, -0.2) is 28.9 Å². The Labute approximate surface area is 230 Å². The highest BCUT2D eigenvalue weighted by molar-refractivity contribution is 7.22. The number of aromatic nitrogens is 1. The molecule has 0 bridgehead atoms. The third kappa shape index (κ3) is 3.84. The molecule has 1 unspecified atom stereocenters. The quantitative estimate of drug-likeness (QED) is 0.223. The molecule has 38 heavy (non-hydrogen) atoms. The Morgan fingerprint density at radius 3 is 2.68 bits per heavy atom. The Bertz CT molecular complexity index is 1820. The molecule has 0 aliphatic carbocycles. The summed E-state index contributed by atoms with van der Waals surface area (Å²) < 4.78 is 12.1. The minimum absolute atomic E-state index is 0.0503. The highest BCUT2D eigenvalue weighted by Gasteiger charge is 2.46. The van der Waals surface area contributed by atoms with Crippen molar-refractivity contribution >= 4 is 72.5 Å². The first-order valence-corrected chi connectivity index (χ1v) is 13.0. The zero-order valence-electron chi connectivity index (χ0n) is 20.0. The van der Waals surface area contributed by atoms with Gasteiger partial charge in [0.25, 0.3) is 5.91 Å². The number of aryl methyl sites for hydroxylation is 1. The first-order valence-electron chi connectivity index (χ1n) is 11.5. The molecular weight excluding hydrogens is 547 g/mol. The molecule has 190 valence electrons. The third-order valence-corrected chi connectivity index (χ3v) is 8.16. The van der Waals surface area contributed by atoms with Crippen molar-refractivity contribution in [1.29, 1.82) is 0 Å². The molecule has 0 saturated carbocycles. The highest BCUT2D eigenvalue weighted by atomic mass is 35.5. The van der Waals surface area contributed by atoms with Gasteiger partial charge in [0, 0.05) is 5.39 Å². The lowest BCUT2D eigenvalue weighted by molar-refractivity contribution is -0.117. The average molecular weight is 565 g/mol. The van der Waals surface area contributed by atoms with Crippen LogP contribution in [0.25, 0.3) is 21.2 Å². The van der Waals surface area contributed by atoms with Crippen molar-refractivity contribution < 1.29 is 23.8 Å². The van der Waals surface area contributed by atoms with Gasteiger partial charge in [-0.1, -0.05) is 58.8 Å². The number of carbonyl (C=O) groups is 2. The maximum Gasteiger partial charge on any atom is 0.296 e. The molecule has 0 fully saturated rings. The van der Waals surface area contributed by atoms with Gasteiger partial charge in [-0.3, -0.25) is 14.5 Å². The molecular formula is C28H18Cl2N2O5S. The number of anilines is 1. The fourth-order valence-corrected chi connectivity index (χ4v) is 5.99. The minimum atomic E-state index is -1.03. The largest absolute Gasteiger partial charge is 0.503 e. The predicted molar refractivity (Wildman–Crippen MR) is 148 cm³/mol. The highest BCUT2D eigenvalue weighted by Crippen LogP contribution is 2.45. The van der Waals surface area contributed by atoms with E-state index >= 15 is 0 Å². The second kappa shape index (κ2) is 9.16. The van der Waals surface area contributed by atoms with Crippen molar-refractivity contribution in [2.45, 2.75) is 13.0 Å². The second-order valence-corrected chi connectivity index (χ2v) is 10.6. The number of hydrogen-bond donors (Lipinski definition) is 1. The Kier molecular flexibility index (Phi) is 5.90. The van der Waals surface area contributed by atoms with Gasteiger partial charge in [0.15, 0.2) is 28.0 Å². The molecule has 1 amide bonds. The fraction of sp³-hybridized carbons (Fsp3) is 0.107. The van der Waals surface area contributed by atoms with E-state index in [9.17, 15) is 14.7 Å². The molecule has 5 aromatic rings. The van der Waals surface area contributed by atoms with Crippen LogP contribution in [0.1, 0.15) is 27.7 Å². The van der Waals surface area contributed by atoms with E-state index in [4.69, 9.17) is 32.4 Å². The van der Waals surface area contributed by atoms with Gasteiger partial charge in [-0.05, 0) is 54.4 Å². The maximum atomic E-state index is 13.9. The summed E-state index contributed by atoms with van der Waals surface area (Å²) in [6, 6.07) is 16.3. The summed E-state index contributed by atoms with van der Waals surface area (Å²) in [6.45, 7) is 1.96. The zero-order chi connectivity index (χ0) is 26.7. The smallest absolute Gasteiger partial charge is 0.296 e. The summed E-state index contributed by atoms with van der Waals surface area (Å²) >= 11 is 13.8. The Morgan fingerprint density at radius 2 is 1.92 bits per heavy atom. The summed E-state index contributed by atoms with van der Waals surface area (Å²) in [7, 11) is 1.50. The molecule has 1 aliphatic rings. The number of ether oxygens (including phenoxy) is 1. The van der Waals surface area contributed by atoms with E-state index < -0.39 is 23.5 Å². The van der Waals surface area contributed by atoms with E-state index in [1.165, 1.54) is 23.3 Å². The van der Waals surface area contributed by atoms with Crippen LogP contribution in [0.2, 0.25) is 10.0 Å². The number of thiazole rings is 1. The van der Waals surface area contributed by atoms with Crippen LogP contribution in [0.5, 0.6) is 5.75 Å². The number of fused-ring (bicyclic) bond motifs is 2. The summed E-state index contributed by atoms with van der Waals surface area (Å²) in [5.41, 5.74) is 2.44. The van der Waals surface area contributed by atoms with Crippen molar-refractivity contribution in [2.75, 3.05) is 12.0 Å². The lowest BCUT2D eigenvalue weighted by Gasteiger charge is -2.24. The number of para-hydroxylation sites is 1. The molecule has 0 saturated heterocycles. The molecule has 7 nitrogen and oxygen atoms in total. The van der Waals surface area contributed by atoms with Gasteiger partial charge in [-0.15, -0.1) is 0 Å². The van der Waals surface area contributed by atoms with Crippen LogP contribution in [0.4, 0.5) is 5.13 Å². The van der Waals surface area contributed by atoms with Crippen molar-refractivity contribution in [3.63, 3.8) is 0 Å². The molecule has 3 aromatic carbocycles. The second-order valence-electron chi connectivity index (χ2n) is 8.80. The van der Waals surface area contributed by atoms with Gasteiger partial charge < -0.3 is 14.3 Å². The topological polar surface area (TPSA) is 92.9 Å². The number of hydrogen-bond acceptors (Lipinski definition) is 7. The summed E-state index contributed by atoms with van der Waals surface area (Å²) in [6.07, 6.45) is 0. The third-order valence-electron chi connectivity index (χ3n) is 6.40. The van der Waals surface area contributed by atoms with Gasteiger partial charge in [-0.25, -0.2) is 4.98 Å². The Hall–Kier alpha value is -3.85. The number of aliphatic hydroxyl groups is 1. The number of ketones is 1. The number of benzene rings is 3. The van der Waals surface area contributed by atoms with E-state index in [0.717, 1.165) is 10.3 Å². The number of rotatable bonds is 5. The van der Waals surface area contributed by atoms with Crippen LogP contribution < -0.4 is 9.64 Å². The number of methoxy groups -OCH3 is 1. The predicted octanol–water partition coefficient (Wildman–Crippen LogP) is 7.45. The molecule has 2 aromatic heterocycles. The van der Waals surface area contributed by atoms with Gasteiger partial charge in [0.2, 0.25) is 5.78 Å². The van der Waals surface area contributed by atoms with Crippen molar-refractivity contribution in [1.82, 2.24) is 4.98 Å². The molecule has 6 rings (SSSR count). The molecule has 0 radical (unpaired) electrons. The van der Waals surface area contributed by atoms with E-state index in [0.29, 0.717) is 38.0 Å². The Morgan fingerprint density at radius 1 is 1.11 bits per heavy atom. The van der Waals surface area contributed by atoms with E-state index in [2.05, 4.69) is 4.98 Å². The van der Waals surface area contributed by atoms with Crippen LogP contribution >= 0.6 is 34.5 Å². The number of aliphatic hydroxyl groups excluding tert-OH is 1. The maximum absolute atomic E-state index is 13.9.